The van der Waals surface area contributed by atoms with Crippen LogP contribution in [-0.4, -0.2) is 54.8 Å². The number of nitrogens with zero attached hydrogens (tertiary/aromatic N) is 1. The van der Waals surface area contributed by atoms with Crippen molar-refractivity contribution < 1.29 is 14.4 Å². The van der Waals surface area contributed by atoms with Crippen LogP contribution in [0.15, 0.2) is 0 Å². The first-order chi connectivity index (χ1) is 5.68. The zero-order valence-electron chi connectivity index (χ0n) is 7.55. The van der Waals surface area contributed by atoms with E-state index in [4.69, 9.17) is 5.11 Å². The number of carboxylic acid groups (broad SMARTS) is 1. The van der Waals surface area contributed by atoms with Crippen molar-refractivity contribution in [1.29, 1.82) is 0 Å². The van der Waals surface area contributed by atoms with Gasteiger partial charge in [-0.3, -0.25) is 0 Å². The Morgan fingerprint density at radius 3 is 2.50 bits per heavy atom. The molecule has 0 amide bonds. The number of piperazine rings is 1. The van der Waals surface area contributed by atoms with E-state index in [1.165, 1.54) is 0 Å². The van der Waals surface area contributed by atoms with Crippen molar-refractivity contribution in [3.05, 3.63) is 0 Å². The highest BCUT2D eigenvalue weighted by Gasteiger charge is 2.30. The topological polar surface area (TPSA) is 49.3 Å². The van der Waals surface area contributed by atoms with Crippen LogP contribution in [-0.2, 0) is 4.79 Å². The normalized spacial score (nSPS) is 22.1. The lowest BCUT2D eigenvalue weighted by Gasteiger charge is -2.39. The average Bonchev–Trinajstić information content (AvgIpc) is 2.05. The molecule has 4 nitrogen and oxygen atoms in total. The minimum absolute atomic E-state index is 0.276. The fraction of sp³-hybridized carbons (Fsp3) is 0.875. The van der Waals surface area contributed by atoms with E-state index in [0.29, 0.717) is 0 Å². The number of rotatable bonds is 3. The Hall–Kier alpha value is -0.610. The molecule has 1 fully saturated rings. The van der Waals surface area contributed by atoms with E-state index in [1.807, 2.05) is 0 Å². The lowest BCUT2D eigenvalue weighted by molar-refractivity contribution is -0.921. The van der Waals surface area contributed by atoms with Crippen molar-refractivity contribution >= 4 is 5.97 Å². The maximum absolute atomic E-state index is 10.6. The van der Waals surface area contributed by atoms with Crippen molar-refractivity contribution in [1.82, 2.24) is 5.32 Å². The number of carboxylic acids is 1. The maximum Gasteiger partial charge on any atom is 0.359 e. The van der Waals surface area contributed by atoms with Gasteiger partial charge in [-0.2, -0.15) is 0 Å². The Balaban J connectivity index is 2.53. The van der Waals surface area contributed by atoms with E-state index in [0.717, 1.165) is 37.2 Å². The van der Waals surface area contributed by atoms with E-state index in [-0.39, 0.29) is 6.54 Å². The van der Waals surface area contributed by atoms with Gasteiger partial charge in [-0.25, -0.2) is 4.79 Å². The standard InChI is InChI=1S/C8H16N2O2/c1-2-10(7-8(11)12)5-3-9-4-6-10/h9H,2-7H2,1H3/p+1. The van der Waals surface area contributed by atoms with Crippen LogP contribution in [0, 0.1) is 0 Å². The highest BCUT2D eigenvalue weighted by atomic mass is 16.4. The van der Waals surface area contributed by atoms with Gasteiger partial charge in [-0.15, -0.1) is 0 Å². The second-order valence-corrected chi connectivity index (χ2v) is 3.41. The number of likely N-dealkylation sites (N-methyl/N-ethyl adjacent to an activating group) is 1. The summed E-state index contributed by atoms with van der Waals surface area (Å²) >= 11 is 0. The Kier molecular flexibility index (Phi) is 3.05. The number of aliphatic carboxylic acids is 1. The summed E-state index contributed by atoms with van der Waals surface area (Å²) in [7, 11) is 0. The van der Waals surface area contributed by atoms with Gasteiger partial charge in [0.1, 0.15) is 0 Å². The van der Waals surface area contributed by atoms with Crippen LogP contribution in [0.3, 0.4) is 0 Å². The van der Waals surface area contributed by atoms with Gasteiger partial charge in [0, 0.05) is 13.1 Å². The summed E-state index contributed by atoms with van der Waals surface area (Å²) in [5.74, 6) is -0.682. The van der Waals surface area contributed by atoms with Gasteiger partial charge in [0.25, 0.3) is 0 Å². The SMILES string of the molecule is CC[N+]1(CC(=O)O)CCNCC1. The van der Waals surface area contributed by atoms with Gasteiger partial charge in [-0.05, 0) is 6.92 Å². The van der Waals surface area contributed by atoms with Gasteiger partial charge >= 0.3 is 5.97 Å². The van der Waals surface area contributed by atoms with E-state index < -0.39 is 5.97 Å². The quantitative estimate of drug-likeness (QED) is 0.566. The summed E-state index contributed by atoms with van der Waals surface area (Å²) in [6.07, 6.45) is 0. The van der Waals surface area contributed by atoms with Crippen LogP contribution in [0.1, 0.15) is 6.92 Å². The molecule has 0 aromatic heterocycles. The van der Waals surface area contributed by atoms with Gasteiger partial charge in [-0.1, -0.05) is 0 Å². The summed E-state index contributed by atoms with van der Waals surface area (Å²) in [4.78, 5) is 10.6. The molecule has 0 aromatic carbocycles. The molecule has 1 heterocycles. The minimum atomic E-state index is -0.682. The molecule has 12 heavy (non-hydrogen) atoms. The molecule has 0 atom stereocenters. The van der Waals surface area contributed by atoms with Crippen LogP contribution in [0.4, 0.5) is 0 Å². The second-order valence-electron chi connectivity index (χ2n) is 3.41. The first-order valence-electron chi connectivity index (χ1n) is 4.46. The lowest BCUT2D eigenvalue weighted by Crippen LogP contribution is -2.60. The number of nitrogens with one attached hydrogen (secondary N) is 1. The first kappa shape index (κ1) is 9.48. The van der Waals surface area contributed by atoms with E-state index in [2.05, 4.69) is 12.2 Å². The third-order valence-corrected chi connectivity index (χ3v) is 2.67. The maximum atomic E-state index is 10.6. The smallest absolute Gasteiger partial charge is 0.359 e. The van der Waals surface area contributed by atoms with Crippen molar-refractivity contribution in [2.75, 3.05) is 39.3 Å². The molecule has 0 aliphatic carbocycles. The summed E-state index contributed by atoms with van der Waals surface area (Å²) in [6.45, 7) is 7.05. The molecule has 0 saturated carbocycles. The predicted molar refractivity (Wildman–Crippen MR) is 45.9 cm³/mol. The monoisotopic (exact) mass is 173 g/mol. The molecular weight excluding hydrogens is 156 g/mol. The Labute approximate surface area is 72.8 Å². The third kappa shape index (κ3) is 2.19. The van der Waals surface area contributed by atoms with Crippen LogP contribution >= 0.6 is 0 Å². The van der Waals surface area contributed by atoms with Crippen molar-refractivity contribution in [2.24, 2.45) is 0 Å². The van der Waals surface area contributed by atoms with Crippen LogP contribution in [0.5, 0.6) is 0 Å². The molecule has 0 unspecified atom stereocenters. The highest BCUT2D eigenvalue weighted by Crippen LogP contribution is 2.07. The molecule has 4 heteroatoms. The molecule has 0 aromatic rings. The van der Waals surface area contributed by atoms with Gasteiger partial charge in [0.2, 0.25) is 0 Å². The van der Waals surface area contributed by atoms with Crippen molar-refractivity contribution in [3.8, 4) is 0 Å². The molecule has 1 saturated heterocycles. The summed E-state index contributed by atoms with van der Waals surface area (Å²) < 4.78 is 0.738. The number of hydrogen-bond donors (Lipinski definition) is 2. The predicted octanol–water partition coefficient (Wildman–Crippen LogP) is -0.489. The van der Waals surface area contributed by atoms with Crippen LogP contribution in [0.25, 0.3) is 0 Å². The fourth-order valence-electron chi connectivity index (χ4n) is 1.74. The summed E-state index contributed by atoms with van der Waals surface area (Å²) in [5.41, 5.74) is 0. The second kappa shape index (κ2) is 3.87. The molecule has 2 N–H and O–H groups in total. The van der Waals surface area contributed by atoms with Crippen molar-refractivity contribution in [2.45, 2.75) is 6.92 Å². The first-order valence-corrected chi connectivity index (χ1v) is 4.46. The molecule has 0 spiro atoms. The van der Waals surface area contributed by atoms with Gasteiger partial charge in [0.15, 0.2) is 6.54 Å². The van der Waals surface area contributed by atoms with E-state index >= 15 is 0 Å². The lowest BCUT2D eigenvalue weighted by atomic mass is 10.2. The molecule has 1 aliphatic heterocycles. The number of hydrogen-bond acceptors (Lipinski definition) is 2. The fourth-order valence-corrected chi connectivity index (χ4v) is 1.74. The van der Waals surface area contributed by atoms with E-state index in [1.54, 1.807) is 0 Å². The summed E-state index contributed by atoms with van der Waals surface area (Å²) in [5, 5.41) is 12.0. The van der Waals surface area contributed by atoms with Crippen molar-refractivity contribution in [3.63, 3.8) is 0 Å². The molecule has 0 bridgehead atoms. The molecule has 0 radical (unpaired) electrons. The van der Waals surface area contributed by atoms with E-state index in [9.17, 15) is 4.79 Å². The zero-order chi connectivity index (χ0) is 9.03. The number of quaternary nitrogens is 1. The number of carbonyl (C=O) groups is 1. The van der Waals surface area contributed by atoms with Crippen LogP contribution in [0.2, 0.25) is 0 Å². The molecule has 1 aliphatic rings. The zero-order valence-corrected chi connectivity index (χ0v) is 7.55. The Morgan fingerprint density at radius 1 is 1.50 bits per heavy atom. The van der Waals surface area contributed by atoms with Crippen LogP contribution < -0.4 is 5.32 Å². The van der Waals surface area contributed by atoms with Gasteiger partial charge < -0.3 is 14.9 Å². The molecule has 1 rings (SSSR count). The average molecular weight is 173 g/mol. The largest absolute Gasteiger partial charge is 0.477 e. The summed E-state index contributed by atoms with van der Waals surface area (Å²) in [6, 6.07) is 0. The van der Waals surface area contributed by atoms with Gasteiger partial charge in [0.05, 0.1) is 19.6 Å². The Bertz CT molecular complexity index is 164. The molecular formula is C8H17N2O2+. The molecule has 70 valence electrons. The highest BCUT2D eigenvalue weighted by molar-refractivity contribution is 5.67. The third-order valence-electron chi connectivity index (χ3n) is 2.67. The minimum Gasteiger partial charge on any atom is -0.477 e. The Morgan fingerprint density at radius 2 is 2.08 bits per heavy atom.